The van der Waals surface area contributed by atoms with Gasteiger partial charge in [0.25, 0.3) is 0 Å². The van der Waals surface area contributed by atoms with Crippen LogP contribution in [0.3, 0.4) is 0 Å². The zero-order valence-corrected chi connectivity index (χ0v) is 14.1. The standard InChI is InChI=1S/C17H24N4O3/c1-11(2)20-17(23)21-9-13-6-14(15(10-21)24-13)16(22)19-8-12-4-3-5-18-7-12/h3-5,7,11,13-15H,6,8-10H2,1-2H3,(H,19,22)(H,20,23)/t13-,14+,15-/m1/s1. The van der Waals surface area contributed by atoms with E-state index in [0.29, 0.717) is 26.1 Å². The highest BCUT2D eigenvalue weighted by Gasteiger charge is 2.45. The smallest absolute Gasteiger partial charge is 0.317 e. The number of amides is 3. The number of urea groups is 1. The van der Waals surface area contributed by atoms with Crippen molar-refractivity contribution in [2.45, 2.75) is 45.1 Å². The Morgan fingerprint density at radius 2 is 2.25 bits per heavy atom. The lowest BCUT2D eigenvalue weighted by Crippen LogP contribution is -2.52. The summed E-state index contributed by atoms with van der Waals surface area (Å²) in [6, 6.07) is 3.78. The van der Waals surface area contributed by atoms with Gasteiger partial charge in [-0.3, -0.25) is 9.78 Å². The fourth-order valence-electron chi connectivity index (χ4n) is 3.26. The van der Waals surface area contributed by atoms with E-state index in [4.69, 9.17) is 4.74 Å². The third-order valence-electron chi connectivity index (χ3n) is 4.38. The molecule has 7 heteroatoms. The second kappa shape index (κ2) is 7.17. The summed E-state index contributed by atoms with van der Waals surface area (Å²) in [4.78, 5) is 30.4. The molecule has 2 N–H and O–H groups in total. The normalized spacial score (nSPS) is 25.6. The van der Waals surface area contributed by atoms with Crippen molar-refractivity contribution in [2.24, 2.45) is 5.92 Å². The number of fused-ring (bicyclic) bond motifs is 2. The minimum atomic E-state index is -0.226. The number of likely N-dealkylation sites (tertiary alicyclic amines) is 1. The van der Waals surface area contributed by atoms with E-state index in [1.165, 1.54) is 0 Å². The summed E-state index contributed by atoms with van der Waals surface area (Å²) in [6.07, 6.45) is 3.82. The Kier molecular flexibility index (Phi) is 4.99. The first-order valence-electron chi connectivity index (χ1n) is 8.40. The maximum Gasteiger partial charge on any atom is 0.317 e. The number of rotatable bonds is 4. The van der Waals surface area contributed by atoms with Gasteiger partial charge in [0.15, 0.2) is 0 Å². The zero-order valence-electron chi connectivity index (χ0n) is 14.1. The van der Waals surface area contributed by atoms with Gasteiger partial charge in [0.05, 0.1) is 18.1 Å². The van der Waals surface area contributed by atoms with Gasteiger partial charge in [-0.25, -0.2) is 4.79 Å². The van der Waals surface area contributed by atoms with Gasteiger partial charge in [-0.05, 0) is 31.9 Å². The molecule has 7 nitrogen and oxygen atoms in total. The highest BCUT2D eigenvalue weighted by molar-refractivity contribution is 5.80. The van der Waals surface area contributed by atoms with Crippen molar-refractivity contribution >= 4 is 11.9 Å². The summed E-state index contributed by atoms with van der Waals surface area (Å²) in [7, 11) is 0. The quantitative estimate of drug-likeness (QED) is 0.858. The first-order valence-corrected chi connectivity index (χ1v) is 8.40. The van der Waals surface area contributed by atoms with E-state index >= 15 is 0 Å². The largest absolute Gasteiger partial charge is 0.370 e. The maximum atomic E-state index is 12.5. The van der Waals surface area contributed by atoms with Crippen LogP contribution in [0.4, 0.5) is 4.79 Å². The number of hydrogen-bond acceptors (Lipinski definition) is 4. The van der Waals surface area contributed by atoms with Crippen LogP contribution in [0, 0.1) is 5.92 Å². The van der Waals surface area contributed by atoms with Gasteiger partial charge in [-0.1, -0.05) is 6.07 Å². The van der Waals surface area contributed by atoms with E-state index in [2.05, 4.69) is 15.6 Å². The third-order valence-corrected chi connectivity index (χ3v) is 4.38. The summed E-state index contributed by atoms with van der Waals surface area (Å²) < 4.78 is 5.87. The zero-order chi connectivity index (χ0) is 17.1. The van der Waals surface area contributed by atoms with Crippen molar-refractivity contribution in [3.63, 3.8) is 0 Å². The number of pyridine rings is 1. The Bertz CT molecular complexity index is 593. The van der Waals surface area contributed by atoms with Gasteiger partial charge in [0.2, 0.25) is 5.91 Å². The third kappa shape index (κ3) is 3.84. The number of morpholine rings is 1. The number of aromatic nitrogens is 1. The second-order valence-corrected chi connectivity index (χ2v) is 6.73. The molecule has 1 aromatic heterocycles. The molecule has 0 aliphatic carbocycles. The Morgan fingerprint density at radius 3 is 2.96 bits per heavy atom. The van der Waals surface area contributed by atoms with Crippen molar-refractivity contribution in [1.29, 1.82) is 0 Å². The van der Waals surface area contributed by atoms with E-state index in [0.717, 1.165) is 5.56 Å². The molecule has 2 bridgehead atoms. The van der Waals surface area contributed by atoms with Crippen molar-refractivity contribution in [3.05, 3.63) is 30.1 Å². The molecule has 2 fully saturated rings. The molecule has 3 rings (SSSR count). The van der Waals surface area contributed by atoms with Crippen molar-refractivity contribution in [3.8, 4) is 0 Å². The topological polar surface area (TPSA) is 83.6 Å². The van der Waals surface area contributed by atoms with E-state index < -0.39 is 0 Å². The van der Waals surface area contributed by atoms with Crippen LogP contribution >= 0.6 is 0 Å². The summed E-state index contributed by atoms with van der Waals surface area (Å²) in [5.41, 5.74) is 0.964. The molecule has 0 saturated carbocycles. The van der Waals surface area contributed by atoms with Gasteiger partial charge in [-0.15, -0.1) is 0 Å². The fraction of sp³-hybridized carbons (Fsp3) is 0.588. The van der Waals surface area contributed by atoms with Crippen molar-refractivity contribution in [2.75, 3.05) is 13.1 Å². The van der Waals surface area contributed by atoms with Crippen molar-refractivity contribution in [1.82, 2.24) is 20.5 Å². The van der Waals surface area contributed by atoms with Crippen LogP contribution in [0.25, 0.3) is 0 Å². The van der Waals surface area contributed by atoms with Gasteiger partial charge in [-0.2, -0.15) is 0 Å². The van der Waals surface area contributed by atoms with Crippen LogP contribution in [-0.4, -0.2) is 53.2 Å². The molecule has 24 heavy (non-hydrogen) atoms. The van der Waals surface area contributed by atoms with E-state index in [-0.39, 0.29) is 36.1 Å². The molecule has 2 aliphatic heterocycles. The average molecular weight is 332 g/mol. The molecule has 0 unspecified atom stereocenters. The Labute approximate surface area is 141 Å². The van der Waals surface area contributed by atoms with E-state index in [1.807, 2.05) is 26.0 Å². The van der Waals surface area contributed by atoms with Crippen LogP contribution in [0.1, 0.15) is 25.8 Å². The molecule has 130 valence electrons. The first-order chi connectivity index (χ1) is 11.5. The molecular weight excluding hydrogens is 308 g/mol. The molecule has 0 spiro atoms. The van der Waals surface area contributed by atoms with Crippen LogP contribution in [0.5, 0.6) is 0 Å². The summed E-state index contributed by atoms with van der Waals surface area (Å²) >= 11 is 0. The summed E-state index contributed by atoms with van der Waals surface area (Å²) in [5.74, 6) is -0.221. The molecule has 0 radical (unpaired) electrons. The maximum absolute atomic E-state index is 12.5. The van der Waals surface area contributed by atoms with E-state index in [1.54, 1.807) is 17.3 Å². The van der Waals surface area contributed by atoms with Crippen LogP contribution < -0.4 is 10.6 Å². The number of carbonyl (C=O) groups is 2. The molecular formula is C17H24N4O3. The number of hydrogen-bond donors (Lipinski definition) is 2. The van der Waals surface area contributed by atoms with Gasteiger partial charge in [0, 0.05) is 38.1 Å². The Morgan fingerprint density at radius 1 is 1.42 bits per heavy atom. The van der Waals surface area contributed by atoms with Crippen LogP contribution in [0.15, 0.2) is 24.5 Å². The lowest BCUT2D eigenvalue weighted by Gasteiger charge is -2.33. The minimum absolute atomic E-state index is 0.0162. The molecule has 1 aromatic rings. The van der Waals surface area contributed by atoms with Gasteiger partial charge in [0.1, 0.15) is 0 Å². The average Bonchev–Trinajstić information content (AvgIpc) is 2.87. The predicted molar refractivity (Wildman–Crippen MR) is 88.1 cm³/mol. The van der Waals surface area contributed by atoms with E-state index in [9.17, 15) is 9.59 Å². The lowest BCUT2D eigenvalue weighted by molar-refractivity contribution is -0.127. The lowest BCUT2D eigenvalue weighted by atomic mass is 9.99. The highest BCUT2D eigenvalue weighted by Crippen LogP contribution is 2.32. The van der Waals surface area contributed by atoms with Crippen LogP contribution in [0.2, 0.25) is 0 Å². The molecule has 3 heterocycles. The molecule has 0 aromatic carbocycles. The van der Waals surface area contributed by atoms with Crippen molar-refractivity contribution < 1.29 is 14.3 Å². The number of nitrogens with zero attached hydrogens (tertiary/aromatic N) is 2. The van der Waals surface area contributed by atoms with Crippen LogP contribution in [-0.2, 0) is 16.1 Å². The monoisotopic (exact) mass is 332 g/mol. The number of ether oxygens (including phenoxy) is 1. The Hall–Kier alpha value is -2.15. The summed E-state index contributed by atoms with van der Waals surface area (Å²) in [6.45, 7) is 5.32. The minimum Gasteiger partial charge on any atom is -0.370 e. The number of nitrogens with one attached hydrogen (secondary N) is 2. The van der Waals surface area contributed by atoms with Gasteiger partial charge < -0.3 is 20.3 Å². The first kappa shape index (κ1) is 16.7. The molecule has 2 aliphatic rings. The fourth-order valence-corrected chi connectivity index (χ4v) is 3.26. The molecule has 3 atom stereocenters. The number of carbonyl (C=O) groups excluding carboxylic acids is 2. The van der Waals surface area contributed by atoms with Gasteiger partial charge >= 0.3 is 6.03 Å². The Balaban J connectivity index is 1.55. The molecule has 2 saturated heterocycles. The predicted octanol–water partition coefficient (Wildman–Crippen LogP) is 0.905. The second-order valence-electron chi connectivity index (χ2n) is 6.73. The summed E-state index contributed by atoms with van der Waals surface area (Å²) in [5, 5.41) is 5.85. The highest BCUT2D eigenvalue weighted by atomic mass is 16.5. The SMILES string of the molecule is CC(C)NC(=O)N1C[C@H]2C[C@H](C(=O)NCc3cccnc3)[C@@H](C1)O2. The molecule has 3 amide bonds.